The van der Waals surface area contributed by atoms with Crippen LogP contribution in [-0.4, -0.2) is 49.8 Å². The van der Waals surface area contributed by atoms with Gasteiger partial charge < -0.3 is 9.47 Å². The summed E-state index contributed by atoms with van der Waals surface area (Å²) in [4.78, 5) is 14.4. The number of nitrogens with zero attached hydrogens (tertiary/aromatic N) is 1. The third-order valence-corrected chi connectivity index (χ3v) is 5.52. The van der Waals surface area contributed by atoms with Crippen LogP contribution in [0.25, 0.3) is 0 Å². The SMILES string of the molecule is COC(=O)CC1(N2CCOCC2)CCC(C(C)(C)C)CC1. The van der Waals surface area contributed by atoms with Crippen LogP contribution in [0.5, 0.6) is 0 Å². The maximum atomic E-state index is 11.9. The Hall–Kier alpha value is -0.610. The van der Waals surface area contributed by atoms with E-state index in [4.69, 9.17) is 9.47 Å². The van der Waals surface area contributed by atoms with E-state index in [-0.39, 0.29) is 11.5 Å². The van der Waals surface area contributed by atoms with Gasteiger partial charge in [-0.2, -0.15) is 0 Å². The molecule has 0 aromatic heterocycles. The van der Waals surface area contributed by atoms with Gasteiger partial charge in [-0.1, -0.05) is 20.8 Å². The van der Waals surface area contributed by atoms with Gasteiger partial charge in [0.2, 0.25) is 0 Å². The molecule has 0 aromatic rings. The first-order chi connectivity index (χ1) is 9.87. The Labute approximate surface area is 129 Å². The van der Waals surface area contributed by atoms with Crippen molar-refractivity contribution in [2.45, 2.75) is 58.4 Å². The van der Waals surface area contributed by atoms with Crippen LogP contribution in [-0.2, 0) is 14.3 Å². The van der Waals surface area contributed by atoms with E-state index in [1.54, 1.807) is 0 Å². The van der Waals surface area contributed by atoms with Crippen LogP contribution in [0.3, 0.4) is 0 Å². The number of carbonyl (C=O) groups excluding carboxylic acids is 1. The molecule has 1 aliphatic heterocycles. The standard InChI is InChI=1S/C17H31NO3/c1-16(2,3)14-5-7-17(8-6-14,13-15(19)20-4)18-9-11-21-12-10-18/h14H,5-13H2,1-4H3. The van der Waals surface area contributed by atoms with Gasteiger partial charge in [0, 0.05) is 18.6 Å². The highest BCUT2D eigenvalue weighted by Gasteiger charge is 2.44. The summed E-state index contributed by atoms with van der Waals surface area (Å²) in [6.07, 6.45) is 5.14. The molecule has 1 saturated carbocycles. The zero-order chi connectivity index (χ0) is 15.5. The molecule has 1 heterocycles. The Bertz CT molecular complexity index is 348. The Morgan fingerprint density at radius 1 is 1.24 bits per heavy atom. The van der Waals surface area contributed by atoms with E-state index in [1.807, 2.05) is 0 Å². The quantitative estimate of drug-likeness (QED) is 0.751. The molecule has 0 bridgehead atoms. The fourth-order valence-corrected chi connectivity index (χ4v) is 4.00. The average Bonchev–Trinajstić information content (AvgIpc) is 2.47. The van der Waals surface area contributed by atoms with Crippen LogP contribution in [0.15, 0.2) is 0 Å². The molecule has 4 nitrogen and oxygen atoms in total. The van der Waals surface area contributed by atoms with Crippen molar-refractivity contribution < 1.29 is 14.3 Å². The highest BCUT2D eigenvalue weighted by atomic mass is 16.5. The Morgan fingerprint density at radius 2 is 1.81 bits per heavy atom. The topological polar surface area (TPSA) is 38.8 Å². The first-order valence-corrected chi connectivity index (χ1v) is 8.27. The van der Waals surface area contributed by atoms with Crippen molar-refractivity contribution in [2.75, 3.05) is 33.4 Å². The lowest BCUT2D eigenvalue weighted by Crippen LogP contribution is -2.56. The van der Waals surface area contributed by atoms with Gasteiger partial charge in [0.25, 0.3) is 0 Å². The molecule has 2 rings (SSSR count). The summed E-state index contributed by atoms with van der Waals surface area (Å²) in [7, 11) is 1.50. The van der Waals surface area contributed by atoms with E-state index in [1.165, 1.54) is 20.0 Å². The summed E-state index contributed by atoms with van der Waals surface area (Å²) < 4.78 is 10.5. The van der Waals surface area contributed by atoms with Crippen molar-refractivity contribution in [1.29, 1.82) is 0 Å². The normalized spacial score (nSPS) is 31.9. The number of hydrogen-bond donors (Lipinski definition) is 0. The largest absolute Gasteiger partial charge is 0.469 e. The van der Waals surface area contributed by atoms with Crippen molar-refractivity contribution in [3.8, 4) is 0 Å². The van der Waals surface area contributed by atoms with Crippen molar-refractivity contribution >= 4 is 5.97 Å². The van der Waals surface area contributed by atoms with Crippen LogP contribution in [0.2, 0.25) is 0 Å². The van der Waals surface area contributed by atoms with Gasteiger partial charge in [0.1, 0.15) is 0 Å². The summed E-state index contributed by atoms with van der Waals surface area (Å²) in [6.45, 7) is 10.4. The molecule has 0 aromatic carbocycles. The summed E-state index contributed by atoms with van der Waals surface area (Å²) in [5.74, 6) is 0.681. The Kier molecular flexibility index (Phi) is 5.31. The molecular weight excluding hydrogens is 266 g/mol. The zero-order valence-corrected chi connectivity index (χ0v) is 14.1. The monoisotopic (exact) mass is 297 g/mol. The molecule has 1 saturated heterocycles. The lowest BCUT2D eigenvalue weighted by Gasteiger charge is -2.50. The van der Waals surface area contributed by atoms with Gasteiger partial charge in [0.15, 0.2) is 0 Å². The predicted molar refractivity (Wildman–Crippen MR) is 83.2 cm³/mol. The molecule has 0 atom stereocenters. The van der Waals surface area contributed by atoms with Crippen molar-refractivity contribution in [2.24, 2.45) is 11.3 Å². The van der Waals surface area contributed by atoms with Crippen molar-refractivity contribution in [1.82, 2.24) is 4.90 Å². The Morgan fingerprint density at radius 3 is 2.29 bits per heavy atom. The van der Waals surface area contributed by atoms with Gasteiger partial charge in [-0.05, 0) is 37.0 Å². The van der Waals surface area contributed by atoms with Gasteiger partial charge in [-0.25, -0.2) is 0 Å². The van der Waals surface area contributed by atoms with E-state index in [0.717, 1.165) is 45.1 Å². The minimum absolute atomic E-state index is 0.00137. The molecule has 0 unspecified atom stereocenters. The zero-order valence-electron chi connectivity index (χ0n) is 14.1. The van der Waals surface area contributed by atoms with Gasteiger partial charge in [-0.3, -0.25) is 9.69 Å². The maximum absolute atomic E-state index is 11.9. The summed E-state index contributed by atoms with van der Waals surface area (Å²) in [5.41, 5.74) is 0.362. The lowest BCUT2D eigenvalue weighted by atomic mass is 9.66. The van der Waals surface area contributed by atoms with Gasteiger partial charge >= 0.3 is 5.97 Å². The van der Waals surface area contributed by atoms with E-state index < -0.39 is 0 Å². The minimum atomic E-state index is -0.0734. The van der Waals surface area contributed by atoms with Crippen molar-refractivity contribution in [3.63, 3.8) is 0 Å². The number of methoxy groups -OCH3 is 1. The van der Waals surface area contributed by atoms with E-state index in [9.17, 15) is 4.79 Å². The molecule has 4 heteroatoms. The third kappa shape index (κ3) is 3.98. The number of carbonyl (C=O) groups is 1. The van der Waals surface area contributed by atoms with Crippen LogP contribution >= 0.6 is 0 Å². The fraction of sp³-hybridized carbons (Fsp3) is 0.941. The summed E-state index contributed by atoms with van der Waals surface area (Å²) >= 11 is 0. The van der Waals surface area contributed by atoms with Crippen LogP contribution in [0.1, 0.15) is 52.9 Å². The second-order valence-electron chi connectivity index (χ2n) is 7.72. The Balaban J connectivity index is 2.09. The molecule has 0 radical (unpaired) electrons. The minimum Gasteiger partial charge on any atom is -0.469 e. The fourth-order valence-electron chi connectivity index (χ4n) is 4.00. The lowest BCUT2D eigenvalue weighted by molar-refractivity contribution is -0.147. The van der Waals surface area contributed by atoms with E-state index in [0.29, 0.717) is 11.8 Å². The highest BCUT2D eigenvalue weighted by Crippen LogP contribution is 2.45. The van der Waals surface area contributed by atoms with Gasteiger partial charge in [-0.15, -0.1) is 0 Å². The van der Waals surface area contributed by atoms with Crippen LogP contribution in [0.4, 0.5) is 0 Å². The molecule has 0 spiro atoms. The summed E-state index contributed by atoms with van der Waals surface area (Å²) in [6, 6.07) is 0. The molecule has 2 aliphatic rings. The van der Waals surface area contributed by atoms with Gasteiger partial charge in [0.05, 0.1) is 26.7 Å². The number of morpholine rings is 1. The predicted octanol–water partition coefficient (Wildman–Crippen LogP) is 2.86. The molecule has 21 heavy (non-hydrogen) atoms. The number of hydrogen-bond acceptors (Lipinski definition) is 4. The molecule has 2 fully saturated rings. The smallest absolute Gasteiger partial charge is 0.307 e. The maximum Gasteiger partial charge on any atom is 0.307 e. The van der Waals surface area contributed by atoms with Crippen molar-refractivity contribution in [3.05, 3.63) is 0 Å². The molecule has 122 valence electrons. The molecule has 0 N–H and O–H groups in total. The molecule has 0 amide bonds. The highest BCUT2D eigenvalue weighted by molar-refractivity contribution is 5.70. The molecule has 1 aliphatic carbocycles. The third-order valence-electron chi connectivity index (χ3n) is 5.52. The number of rotatable bonds is 3. The second-order valence-corrected chi connectivity index (χ2v) is 7.72. The van der Waals surface area contributed by atoms with E-state index in [2.05, 4.69) is 25.7 Å². The average molecular weight is 297 g/mol. The van der Waals surface area contributed by atoms with Crippen LogP contribution in [0, 0.1) is 11.3 Å². The first kappa shape index (κ1) is 16.8. The second kappa shape index (κ2) is 6.66. The van der Waals surface area contributed by atoms with E-state index >= 15 is 0 Å². The van der Waals surface area contributed by atoms with Crippen LogP contribution < -0.4 is 0 Å². The molecular formula is C17H31NO3. The summed E-state index contributed by atoms with van der Waals surface area (Å²) in [5, 5.41) is 0. The number of esters is 1. The number of ether oxygens (including phenoxy) is 2. The first-order valence-electron chi connectivity index (χ1n) is 8.27.